The second-order valence-electron chi connectivity index (χ2n) is 11.6. The van der Waals surface area contributed by atoms with E-state index in [1.165, 1.54) is 30.3 Å². The molecule has 2 atom stereocenters. The fraction of sp³-hybridized carbons (Fsp3) is 0.351. The molecule has 270 valence electrons. The fourth-order valence-electron chi connectivity index (χ4n) is 5.77. The highest BCUT2D eigenvalue weighted by atomic mass is 19.1. The molecule has 2 aromatic carbocycles. The van der Waals surface area contributed by atoms with Crippen LogP contribution in [-0.4, -0.2) is 72.8 Å². The summed E-state index contributed by atoms with van der Waals surface area (Å²) in [5, 5.41) is 9.29. The number of esters is 2. The van der Waals surface area contributed by atoms with E-state index < -0.39 is 41.3 Å². The number of pyridine rings is 2. The Morgan fingerprint density at radius 2 is 1.18 bits per heavy atom. The first-order valence-corrected chi connectivity index (χ1v) is 16.3. The lowest BCUT2D eigenvalue weighted by Crippen LogP contribution is -2.28. The molecule has 0 radical (unpaired) electrons. The minimum atomic E-state index is -0.743. The minimum absolute atomic E-state index is 0.0161. The lowest BCUT2D eigenvalue weighted by molar-refractivity contribution is 0.0501. The largest absolute Gasteiger partial charge is 0.472 e. The SMILES string of the molecule is CCOC(=O)c1cc(-c2ccc(F)cc2F)c2c(n1)OC(CO)CC2.CCOC(=O)c1cc(-c2ccc(F)cc2F)c2c(n1)OC(COC)CC2. The summed E-state index contributed by atoms with van der Waals surface area (Å²) in [6.07, 6.45) is 1.61. The lowest BCUT2D eigenvalue weighted by Gasteiger charge is -2.27. The van der Waals surface area contributed by atoms with Gasteiger partial charge in [-0.15, -0.1) is 0 Å². The number of carbonyl (C=O) groups excluding carboxylic acids is 2. The monoisotopic (exact) mass is 712 g/mol. The van der Waals surface area contributed by atoms with E-state index in [1.807, 2.05) is 0 Å². The van der Waals surface area contributed by atoms with Crippen molar-refractivity contribution >= 4 is 11.9 Å². The second kappa shape index (κ2) is 16.8. The van der Waals surface area contributed by atoms with Crippen LogP contribution in [0.4, 0.5) is 17.6 Å². The summed E-state index contributed by atoms with van der Waals surface area (Å²) in [4.78, 5) is 32.6. The molecule has 10 nitrogen and oxygen atoms in total. The number of halogens is 4. The third-order valence-corrected chi connectivity index (χ3v) is 8.13. The van der Waals surface area contributed by atoms with Gasteiger partial charge in [-0.3, -0.25) is 0 Å². The Morgan fingerprint density at radius 3 is 1.59 bits per heavy atom. The zero-order valence-corrected chi connectivity index (χ0v) is 28.1. The Bertz CT molecular complexity index is 1910. The van der Waals surface area contributed by atoms with Crippen molar-refractivity contribution < 1.29 is 55.9 Å². The summed E-state index contributed by atoms with van der Waals surface area (Å²) in [5.74, 6) is -3.69. The first-order valence-electron chi connectivity index (χ1n) is 16.3. The smallest absolute Gasteiger partial charge is 0.357 e. The average molecular weight is 713 g/mol. The predicted octanol–water partition coefficient (Wildman–Crippen LogP) is 6.43. The Morgan fingerprint density at radius 1 is 0.725 bits per heavy atom. The zero-order chi connectivity index (χ0) is 36.7. The minimum Gasteiger partial charge on any atom is -0.472 e. The number of carbonyl (C=O) groups is 2. The van der Waals surface area contributed by atoms with Gasteiger partial charge in [0.2, 0.25) is 11.8 Å². The van der Waals surface area contributed by atoms with Crippen LogP contribution in [-0.2, 0) is 27.1 Å². The summed E-state index contributed by atoms with van der Waals surface area (Å²) in [5.41, 5.74) is 2.47. The van der Waals surface area contributed by atoms with Crippen LogP contribution in [0.2, 0.25) is 0 Å². The van der Waals surface area contributed by atoms with E-state index in [0.717, 1.165) is 18.2 Å². The van der Waals surface area contributed by atoms with Gasteiger partial charge >= 0.3 is 11.9 Å². The molecule has 2 aromatic heterocycles. The van der Waals surface area contributed by atoms with Crippen LogP contribution in [0.5, 0.6) is 11.8 Å². The van der Waals surface area contributed by atoms with Gasteiger partial charge in [0.05, 0.1) is 26.4 Å². The molecule has 0 bridgehead atoms. The number of fused-ring (bicyclic) bond motifs is 2. The van der Waals surface area contributed by atoms with Gasteiger partial charge in [0.15, 0.2) is 11.4 Å². The van der Waals surface area contributed by atoms with Crippen LogP contribution in [0.25, 0.3) is 22.3 Å². The van der Waals surface area contributed by atoms with Crippen molar-refractivity contribution in [2.75, 3.05) is 33.5 Å². The zero-order valence-electron chi connectivity index (χ0n) is 28.1. The molecule has 0 spiro atoms. The molecule has 0 fully saturated rings. The first kappa shape index (κ1) is 37.2. The van der Waals surface area contributed by atoms with Gasteiger partial charge in [-0.2, -0.15) is 0 Å². The van der Waals surface area contributed by atoms with Gasteiger partial charge in [-0.1, -0.05) is 0 Å². The first-order chi connectivity index (χ1) is 24.6. The van der Waals surface area contributed by atoms with Crippen LogP contribution in [0.15, 0.2) is 48.5 Å². The van der Waals surface area contributed by atoms with Crippen molar-refractivity contribution in [3.63, 3.8) is 0 Å². The van der Waals surface area contributed by atoms with Crippen LogP contribution < -0.4 is 9.47 Å². The molecule has 14 heteroatoms. The number of hydrogen-bond acceptors (Lipinski definition) is 10. The Labute approximate surface area is 291 Å². The highest BCUT2D eigenvalue weighted by molar-refractivity contribution is 5.91. The number of aliphatic hydroxyl groups is 1. The Hall–Kier alpha value is -5.08. The van der Waals surface area contributed by atoms with Gasteiger partial charge < -0.3 is 28.8 Å². The van der Waals surface area contributed by atoms with Gasteiger partial charge in [0, 0.05) is 41.5 Å². The molecule has 51 heavy (non-hydrogen) atoms. The fourth-order valence-corrected chi connectivity index (χ4v) is 5.77. The Balaban J connectivity index is 0.000000198. The highest BCUT2D eigenvalue weighted by Crippen LogP contribution is 2.38. The van der Waals surface area contributed by atoms with Crippen molar-refractivity contribution in [3.8, 4) is 34.0 Å². The van der Waals surface area contributed by atoms with E-state index in [-0.39, 0.29) is 60.2 Å². The number of rotatable bonds is 9. The van der Waals surface area contributed by atoms with E-state index in [9.17, 15) is 32.3 Å². The third kappa shape index (κ3) is 8.63. The molecule has 0 saturated carbocycles. The van der Waals surface area contributed by atoms with Gasteiger partial charge in [-0.05, 0) is 87.1 Å². The van der Waals surface area contributed by atoms with Crippen molar-refractivity contribution in [3.05, 3.63) is 94.3 Å². The standard InChI is InChI=1S/C19H19F2NO4.C18H17F2NO4/c1-3-25-19(23)17-9-15(13-6-4-11(20)8-16(13)21)14-7-5-12(10-24-2)26-18(14)22-17;1-2-24-18(23)16-8-14(12-5-3-10(19)7-15(12)20)13-6-4-11(9-22)25-17(13)21-16/h4,6,8-9,12H,3,5,7,10H2,1-2H3;3,5,7-8,11,22H,2,4,6,9H2,1H3. The topological polar surface area (TPSA) is 126 Å². The molecule has 4 aromatic rings. The molecule has 1 N–H and O–H groups in total. The summed E-state index contributed by atoms with van der Waals surface area (Å²) in [6.45, 7) is 3.89. The number of methoxy groups -OCH3 is 1. The summed E-state index contributed by atoms with van der Waals surface area (Å²) >= 11 is 0. The third-order valence-electron chi connectivity index (χ3n) is 8.13. The quantitative estimate of drug-likeness (QED) is 0.153. The van der Waals surface area contributed by atoms with Crippen LogP contribution in [0, 0.1) is 23.3 Å². The van der Waals surface area contributed by atoms with E-state index in [2.05, 4.69) is 9.97 Å². The van der Waals surface area contributed by atoms with E-state index in [1.54, 1.807) is 21.0 Å². The van der Waals surface area contributed by atoms with Gasteiger partial charge in [0.1, 0.15) is 35.5 Å². The number of nitrogens with zero attached hydrogens (tertiary/aromatic N) is 2. The van der Waals surface area contributed by atoms with Crippen LogP contribution in [0.1, 0.15) is 58.8 Å². The summed E-state index contributed by atoms with van der Waals surface area (Å²) < 4.78 is 81.6. The molecular weight excluding hydrogens is 676 g/mol. The summed E-state index contributed by atoms with van der Waals surface area (Å²) in [7, 11) is 1.57. The number of hydrogen-bond donors (Lipinski definition) is 1. The number of aromatic nitrogens is 2. The molecule has 0 saturated heterocycles. The van der Waals surface area contributed by atoms with E-state index >= 15 is 0 Å². The molecule has 4 heterocycles. The molecule has 2 aliphatic heterocycles. The molecule has 0 amide bonds. The molecule has 6 rings (SSSR count). The normalized spacial score (nSPS) is 16.0. The molecular formula is C37H36F4N2O8. The van der Waals surface area contributed by atoms with Crippen LogP contribution in [0.3, 0.4) is 0 Å². The molecule has 0 aliphatic carbocycles. The maximum atomic E-state index is 14.3. The van der Waals surface area contributed by atoms with Crippen molar-refractivity contribution in [2.24, 2.45) is 0 Å². The van der Waals surface area contributed by atoms with Crippen molar-refractivity contribution in [2.45, 2.75) is 51.7 Å². The highest BCUT2D eigenvalue weighted by Gasteiger charge is 2.29. The van der Waals surface area contributed by atoms with Gasteiger partial charge in [-0.25, -0.2) is 37.1 Å². The maximum Gasteiger partial charge on any atom is 0.357 e. The maximum absolute atomic E-state index is 14.3. The van der Waals surface area contributed by atoms with Crippen LogP contribution >= 0.6 is 0 Å². The number of ether oxygens (including phenoxy) is 5. The second-order valence-corrected chi connectivity index (χ2v) is 11.6. The van der Waals surface area contributed by atoms with Crippen molar-refractivity contribution in [1.82, 2.24) is 9.97 Å². The number of benzene rings is 2. The number of aliphatic hydroxyl groups excluding tert-OH is 1. The van der Waals surface area contributed by atoms with E-state index in [4.69, 9.17) is 23.7 Å². The van der Waals surface area contributed by atoms with Crippen molar-refractivity contribution in [1.29, 1.82) is 0 Å². The summed E-state index contributed by atoms with van der Waals surface area (Å²) in [6, 6.07) is 9.46. The van der Waals surface area contributed by atoms with E-state index in [0.29, 0.717) is 54.5 Å². The predicted molar refractivity (Wildman–Crippen MR) is 176 cm³/mol. The molecule has 2 unspecified atom stereocenters. The molecule has 2 aliphatic rings. The lowest BCUT2D eigenvalue weighted by atomic mass is 9.94. The Kier molecular flexibility index (Phi) is 12.2. The average Bonchev–Trinajstić information content (AvgIpc) is 3.11. The van der Waals surface area contributed by atoms with Gasteiger partial charge in [0.25, 0.3) is 0 Å².